The monoisotopic (exact) mass is 292 g/mol. The van der Waals surface area contributed by atoms with E-state index in [-0.39, 0.29) is 6.04 Å². The Bertz CT molecular complexity index is 476. The van der Waals surface area contributed by atoms with E-state index in [1.54, 1.807) is 17.5 Å². The smallest absolute Gasteiger partial charge is 0.0898 e. The number of aliphatic hydroxyl groups excluding tert-OH is 1. The SMILES string of the molecule is C[C@@H](NCC(O)COCc1cccs1)c1ccccn1. The van der Waals surface area contributed by atoms with Gasteiger partial charge >= 0.3 is 0 Å². The summed E-state index contributed by atoms with van der Waals surface area (Å²) in [6, 6.07) is 9.96. The molecule has 1 unspecified atom stereocenters. The van der Waals surface area contributed by atoms with E-state index in [1.807, 2.05) is 42.6 Å². The van der Waals surface area contributed by atoms with E-state index < -0.39 is 6.10 Å². The first-order valence-corrected chi connectivity index (χ1v) is 7.56. The summed E-state index contributed by atoms with van der Waals surface area (Å²) in [7, 11) is 0. The van der Waals surface area contributed by atoms with Gasteiger partial charge in [0.05, 0.1) is 25.0 Å². The average molecular weight is 292 g/mol. The zero-order valence-corrected chi connectivity index (χ0v) is 12.3. The first kappa shape index (κ1) is 15.1. The van der Waals surface area contributed by atoms with E-state index in [1.165, 1.54) is 4.88 Å². The van der Waals surface area contributed by atoms with Gasteiger partial charge in [-0.25, -0.2) is 0 Å². The summed E-state index contributed by atoms with van der Waals surface area (Å²) < 4.78 is 5.48. The highest BCUT2D eigenvalue weighted by atomic mass is 32.1. The van der Waals surface area contributed by atoms with Crippen molar-refractivity contribution in [3.05, 3.63) is 52.5 Å². The molecule has 0 aliphatic rings. The molecule has 0 saturated heterocycles. The van der Waals surface area contributed by atoms with Gasteiger partial charge in [0.1, 0.15) is 0 Å². The molecule has 108 valence electrons. The molecule has 20 heavy (non-hydrogen) atoms. The van der Waals surface area contributed by atoms with Crippen molar-refractivity contribution in [3.63, 3.8) is 0 Å². The maximum Gasteiger partial charge on any atom is 0.0898 e. The third-order valence-electron chi connectivity index (χ3n) is 2.93. The predicted octanol–water partition coefficient (Wildman–Crippen LogP) is 2.37. The Kier molecular flexibility index (Phi) is 6.14. The number of rotatable bonds is 8. The summed E-state index contributed by atoms with van der Waals surface area (Å²) in [4.78, 5) is 5.45. The summed E-state index contributed by atoms with van der Waals surface area (Å²) in [6.07, 6.45) is 1.26. The second-order valence-electron chi connectivity index (χ2n) is 4.63. The number of hydrogen-bond donors (Lipinski definition) is 2. The van der Waals surface area contributed by atoms with Crippen LogP contribution in [0.25, 0.3) is 0 Å². The van der Waals surface area contributed by atoms with Crippen LogP contribution >= 0.6 is 11.3 Å². The fourth-order valence-corrected chi connectivity index (χ4v) is 2.44. The van der Waals surface area contributed by atoms with E-state index in [0.717, 1.165) is 5.69 Å². The summed E-state index contributed by atoms with van der Waals surface area (Å²) in [6.45, 7) is 3.41. The van der Waals surface area contributed by atoms with Gasteiger partial charge in [0.2, 0.25) is 0 Å². The van der Waals surface area contributed by atoms with Gasteiger partial charge in [-0.05, 0) is 30.5 Å². The molecule has 2 rings (SSSR count). The Morgan fingerprint density at radius 2 is 2.25 bits per heavy atom. The molecule has 0 aliphatic carbocycles. The highest BCUT2D eigenvalue weighted by Gasteiger charge is 2.09. The Balaban J connectivity index is 1.63. The van der Waals surface area contributed by atoms with Crippen LogP contribution in [0.4, 0.5) is 0 Å². The lowest BCUT2D eigenvalue weighted by atomic mass is 10.2. The van der Waals surface area contributed by atoms with Gasteiger partial charge in [0.25, 0.3) is 0 Å². The molecule has 5 heteroatoms. The lowest BCUT2D eigenvalue weighted by molar-refractivity contribution is 0.0287. The summed E-state index contributed by atoms with van der Waals surface area (Å²) in [5, 5.41) is 15.1. The molecule has 2 aromatic heterocycles. The van der Waals surface area contributed by atoms with Crippen molar-refractivity contribution < 1.29 is 9.84 Å². The van der Waals surface area contributed by atoms with Gasteiger partial charge < -0.3 is 15.2 Å². The molecular formula is C15H20N2O2S. The fraction of sp³-hybridized carbons (Fsp3) is 0.400. The summed E-state index contributed by atoms with van der Waals surface area (Å²) >= 11 is 1.66. The zero-order chi connectivity index (χ0) is 14.2. The van der Waals surface area contributed by atoms with E-state index in [9.17, 15) is 5.11 Å². The van der Waals surface area contributed by atoms with Crippen molar-refractivity contribution in [2.24, 2.45) is 0 Å². The predicted molar refractivity (Wildman–Crippen MR) is 80.6 cm³/mol. The van der Waals surface area contributed by atoms with Crippen molar-refractivity contribution in [2.45, 2.75) is 25.7 Å². The molecule has 0 fully saturated rings. The maximum absolute atomic E-state index is 9.87. The van der Waals surface area contributed by atoms with Crippen molar-refractivity contribution >= 4 is 11.3 Å². The average Bonchev–Trinajstić information content (AvgIpc) is 2.99. The van der Waals surface area contributed by atoms with E-state index in [2.05, 4.69) is 10.3 Å². The third-order valence-corrected chi connectivity index (χ3v) is 3.78. The van der Waals surface area contributed by atoms with Crippen LogP contribution in [-0.2, 0) is 11.3 Å². The normalized spacial score (nSPS) is 14.1. The minimum Gasteiger partial charge on any atom is -0.389 e. The molecule has 0 aliphatic heterocycles. The number of nitrogens with one attached hydrogen (secondary N) is 1. The maximum atomic E-state index is 9.87. The molecule has 0 aromatic carbocycles. The Morgan fingerprint density at radius 3 is 2.95 bits per heavy atom. The minimum atomic E-state index is -0.513. The number of hydrogen-bond acceptors (Lipinski definition) is 5. The molecule has 0 amide bonds. The lowest BCUT2D eigenvalue weighted by Crippen LogP contribution is -2.32. The Morgan fingerprint density at radius 1 is 1.35 bits per heavy atom. The molecule has 4 nitrogen and oxygen atoms in total. The van der Waals surface area contributed by atoms with Crippen LogP contribution in [-0.4, -0.2) is 29.3 Å². The molecule has 0 saturated carbocycles. The number of ether oxygens (including phenoxy) is 1. The quantitative estimate of drug-likeness (QED) is 0.784. The zero-order valence-electron chi connectivity index (χ0n) is 11.5. The highest BCUT2D eigenvalue weighted by Crippen LogP contribution is 2.10. The molecule has 0 radical (unpaired) electrons. The molecule has 0 bridgehead atoms. The summed E-state index contributed by atoms with van der Waals surface area (Å²) in [5.41, 5.74) is 0.971. The molecule has 2 aromatic rings. The second kappa shape index (κ2) is 8.11. The number of pyridine rings is 1. The number of aromatic nitrogens is 1. The van der Waals surface area contributed by atoms with Crippen LogP contribution in [0.3, 0.4) is 0 Å². The van der Waals surface area contributed by atoms with Crippen molar-refractivity contribution in [2.75, 3.05) is 13.2 Å². The molecular weight excluding hydrogens is 272 g/mol. The molecule has 2 N–H and O–H groups in total. The Labute approximate surface area is 123 Å². The molecule has 2 heterocycles. The number of nitrogens with zero attached hydrogens (tertiary/aromatic N) is 1. The van der Waals surface area contributed by atoms with Gasteiger partial charge in [-0.2, -0.15) is 0 Å². The standard InChI is InChI=1S/C15H20N2O2S/c1-12(15-6-2-3-7-16-15)17-9-13(18)10-19-11-14-5-4-8-20-14/h2-8,12-13,17-18H,9-11H2,1H3/t12-,13?/m1/s1. The largest absolute Gasteiger partial charge is 0.389 e. The van der Waals surface area contributed by atoms with Crippen molar-refractivity contribution in [3.8, 4) is 0 Å². The first-order valence-electron chi connectivity index (χ1n) is 6.68. The van der Waals surface area contributed by atoms with Gasteiger partial charge in [-0.1, -0.05) is 12.1 Å². The van der Waals surface area contributed by atoms with Crippen LogP contribution in [0.2, 0.25) is 0 Å². The highest BCUT2D eigenvalue weighted by molar-refractivity contribution is 7.09. The van der Waals surface area contributed by atoms with E-state index in [4.69, 9.17) is 4.74 Å². The Hall–Kier alpha value is -1.27. The third kappa shape index (κ3) is 5.02. The van der Waals surface area contributed by atoms with Crippen LogP contribution in [0.5, 0.6) is 0 Å². The topological polar surface area (TPSA) is 54.4 Å². The number of thiophene rings is 1. The summed E-state index contributed by atoms with van der Waals surface area (Å²) in [5.74, 6) is 0. The molecule has 2 atom stereocenters. The van der Waals surface area contributed by atoms with Crippen LogP contribution < -0.4 is 5.32 Å². The first-order chi connectivity index (χ1) is 9.75. The van der Waals surface area contributed by atoms with Gasteiger partial charge in [-0.3, -0.25) is 4.98 Å². The van der Waals surface area contributed by atoms with Gasteiger partial charge in [-0.15, -0.1) is 11.3 Å². The van der Waals surface area contributed by atoms with Crippen LogP contribution in [0.15, 0.2) is 41.9 Å². The van der Waals surface area contributed by atoms with Crippen molar-refractivity contribution in [1.82, 2.24) is 10.3 Å². The molecule has 0 spiro atoms. The number of aliphatic hydroxyl groups is 1. The van der Waals surface area contributed by atoms with Gasteiger partial charge in [0.15, 0.2) is 0 Å². The van der Waals surface area contributed by atoms with E-state index >= 15 is 0 Å². The fourth-order valence-electron chi connectivity index (χ4n) is 1.80. The second-order valence-corrected chi connectivity index (χ2v) is 5.67. The van der Waals surface area contributed by atoms with Gasteiger partial charge in [0, 0.05) is 23.7 Å². The van der Waals surface area contributed by atoms with Crippen LogP contribution in [0, 0.1) is 0 Å². The van der Waals surface area contributed by atoms with Crippen LogP contribution in [0.1, 0.15) is 23.5 Å². The lowest BCUT2D eigenvalue weighted by Gasteiger charge is -2.16. The minimum absolute atomic E-state index is 0.114. The van der Waals surface area contributed by atoms with Crippen molar-refractivity contribution in [1.29, 1.82) is 0 Å². The van der Waals surface area contributed by atoms with E-state index in [0.29, 0.717) is 19.8 Å².